The second kappa shape index (κ2) is 6.74. The Morgan fingerprint density at radius 3 is 2.45 bits per heavy atom. The van der Waals surface area contributed by atoms with Gasteiger partial charge >= 0.3 is 0 Å². The highest BCUT2D eigenvalue weighted by atomic mass is 79.9. The molecule has 0 bridgehead atoms. The van der Waals surface area contributed by atoms with E-state index in [-0.39, 0.29) is 12.1 Å². The van der Waals surface area contributed by atoms with Crippen LogP contribution in [0.5, 0.6) is 5.75 Å². The summed E-state index contributed by atoms with van der Waals surface area (Å²) in [6.45, 7) is 4.00. The van der Waals surface area contributed by atoms with Gasteiger partial charge in [0.25, 0.3) is 0 Å². The maximum Gasteiger partial charge on any atom is 0.139 e. The first-order chi connectivity index (χ1) is 9.47. The maximum atomic E-state index is 6.11. The van der Waals surface area contributed by atoms with Gasteiger partial charge in [0.05, 0.1) is 4.47 Å². The van der Waals surface area contributed by atoms with E-state index in [0.717, 1.165) is 20.3 Å². The van der Waals surface area contributed by atoms with E-state index in [1.54, 1.807) is 0 Å². The molecule has 2 aromatic rings. The molecule has 0 heterocycles. The molecule has 2 N–H and O–H groups in total. The Morgan fingerprint density at radius 2 is 1.85 bits per heavy atom. The molecule has 0 spiro atoms. The number of hydrogen-bond acceptors (Lipinski definition) is 2. The third kappa shape index (κ3) is 3.84. The van der Waals surface area contributed by atoms with Gasteiger partial charge in [-0.25, -0.2) is 0 Å². The fourth-order valence-corrected chi connectivity index (χ4v) is 3.00. The summed E-state index contributed by atoms with van der Waals surface area (Å²) in [5.74, 6) is 0.804. The third-order valence-corrected chi connectivity index (χ3v) is 4.11. The maximum absolute atomic E-state index is 6.11. The molecule has 0 aliphatic rings. The van der Waals surface area contributed by atoms with Crippen molar-refractivity contribution in [1.82, 2.24) is 0 Å². The van der Waals surface area contributed by atoms with Crippen LogP contribution in [0.3, 0.4) is 0 Å². The normalized spacial score (nSPS) is 13.8. The predicted octanol–water partition coefficient (Wildman–Crippen LogP) is 4.99. The molecule has 4 heteroatoms. The number of nitrogens with two attached hydrogens (primary N) is 1. The van der Waals surface area contributed by atoms with E-state index in [9.17, 15) is 0 Å². The minimum Gasteiger partial charge on any atom is -0.483 e. The molecule has 2 aromatic carbocycles. The number of halogens is 2. The van der Waals surface area contributed by atoms with Crippen LogP contribution in [0.15, 0.2) is 51.4 Å². The molecule has 0 radical (unpaired) electrons. The van der Waals surface area contributed by atoms with Gasteiger partial charge in [-0.2, -0.15) is 0 Å². The van der Waals surface area contributed by atoms with E-state index in [4.69, 9.17) is 10.5 Å². The van der Waals surface area contributed by atoms with Crippen molar-refractivity contribution >= 4 is 31.9 Å². The summed E-state index contributed by atoms with van der Waals surface area (Å²) in [5.41, 5.74) is 8.33. The summed E-state index contributed by atoms with van der Waals surface area (Å²) in [4.78, 5) is 0. The van der Waals surface area contributed by atoms with Crippen LogP contribution in [0.1, 0.15) is 24.2 Å². The Kier molecular flexibility index (Phi) is 5.24. The number of aryl methyl sites for hydroxylation is 1. The Balaban J connectivity index is 2.30. The highest BCUT2D eigenvalue weighted by Gasteiger charge is 2.19. The van der Waals surface area contributed by atoms with Crippen molar-refractivity contribution in [2.75, 3.05) is 0 Å². The van der Waals surface area contributed by atoms with Crippen molar-refractivity contribution in [2.24, 2.45) is 5.73 Å². The zero-order chi connectivity index (χ0) is 14.7. The average Bonchev–Trinajstić information content (AvgIpc) is 2.37. The van der Waals surface area contributed by atoms with E-state index < -0.39 is 0 Å². The van der Waals surface area contributed by atoms with Crippen LogP contribution in [0.4, 0.5) is 0 Å². The molecule has 106 valence electrons. The Bertz CT molecular complexity index is 599. The SMILES string of the molecule is Cc1ccc(OC(c2cccc(Br)c2)C(C)N)c(Br)c1. The largest absolute Gasteiger partial charge is 0.483 e. The first-order valence-corrected chi connectivity index (χ1v) is 8.00. The van der Waals surface area contributed by atoms with Crippen molar-refractivity contribution < 1.29 is 4.74 Å². The van der Waals surface area contributed by atoms with Gasteiger partial charge < -0.3 is 10.5 Å². The molecule has 0 aliphatic carbocycles. The van der Waals surface area contributed by atoms with Gasteiger partial charge in [-0.15, -0.1) is 0 Å². The quantitative estimate of drug-likeness (QED) is 0.787. The third-order valence-electron chi connectivity index (χ3n) is 3.00. The lowest BCUT2D eigenvalue weighted by Gasteiger charge is -2.24. The molecule has 0 aliphatic heterocycles. The molecule has 0 amide bonds. The molecule has 0 aromatic heterocycles. The second-order valence-electron chi connectivity index (χ2n) is 4.89. The summed E-state index contributed by atoms with van der Waals surface area (Å²) in [6, 6.07) is 14.0. The Morgan fingerprint density at radius 1 is 1.10 bits per heavy atom. The van der Waals surface area contributed by atoms with Crippen molar-refractivity contribution in [3.05, 3.63) is 62.5 Å². The molecule has 2 rings (SSSR count). The van der Waals surface area contributed by atoms with Crippen LogP contribution in [0, 0.1) is 6.92 Å². The van der Waals surface area contributed by atoms with Gasteiger partial charge in [-0.05, 0) is 65.2 Å². The lowest BCUT2D eigenvalue weighted by atomic mass is 10.0. The predicted molar refractivity (Wildman–Crippen MR) is 90.0 cm³/mol. The van der Waals surface area contributed by atoms with Gasteiger partial charge in [-0.1, -0.05) is 34.1 Å². The summed E-state index contributed by atoms with van der Waals surface area (Å²) >= 11 is 7.02. The fourth-order valence-electron chi connectivity index (χ4n) is 2.00. The molecule has 0 saturated carbocycles. The number of benzene rings is 2. The highest BCUT2D eigenvalue weighted by molar-refractivity contribution is 9.10. The highest BCUT2D eigenvalue weighted by Crippen LogP contribution is 2.32. The van der Waals surface area contributed by atoms with E-state index in [0.29, 0.717) is 0 Å². The lowest BCUT2D eigenvalue weighted by molar-refractivity contribution is 0.179. The van der Waals surface area contributed by atoms with E-state index in [2.05, 4.69) is 31.9 Å². The van der Waals surface area contributed by atoms with Crippen LogP contribution >= 0.6 is 31.9 Å². The molecule has 20 heavy (non-hydrogen) atoms. The zero-order valence-electron chi connectivity index (χ0n) is 11.4. The number of hydrogen-bond donors (Lipinski definition) is 1. The van der Waals surface area contributed by atoms with Crippen LogP contribution in [-0.4, -0.2) is 6.04 Å². The first kappa shape index (κ1) is 15.5. The van der Waals surface area contributed by atoms with Crippen molar-refractivity contribution in [1.29, 1.82) is 0 Å². The monoisotopic (exact) mass is 397 g/mol. The van der Waals surface area contributed by atoms with Crippen molar-refractivity contribution in [2.45, 2.75) is 26.0 Å². The summed E-state index contributed by atoms with van der Waals surface area (Å²) in [7, 11) is 0. The summed E-state index contributed by atoms with van der Waals surface area (Å²) in [5, 5.41) is 0. The fraction of sp³-hybridized carbons (Fsp3) is 0.250. The molecule has 2 nitrogen and oxygen atoms in total. The smallest absolute Gasteiger partial charge is 0.139 e. The van der Waals surface area contributed by atoms with Crippen molar-refractivity contribution in [3.8, 4) is 5.75 Å². The molecule has 0 fully saturated rings. The second-order valence-corrected chi connectivity index (χ2v) is 6.66. The van der Waals surface area contributed by atoms with Crippen LogP contribution in [0.2, 0.25) is 0 Å². The standard InChI is InChI=1S/C16H17Br2NO/c1-10-6-7-15(14(18)8-10)20-16(11(2)19)12-4-3-5-13(17)9-12/h3-9,11,16H,19H2,1-2H3. The first-order valence-electron chi connectivity index (χ1n) is 6.41. The average molecular weight is 399 g/mol. The van der Waals surface area contributed by atoms with E-state index >= 15 is 0 Å². The number of rotatable bonds is 4. The van der Waals surface area contributed by atoms with Crippen molar-refractivity contribution in [3.63, 3.8) is 0 Å². The van der Waals surface area contributed by atoms with Gasteiger partial charge in [0.1, 0.15) is 11.9 Å². The van der Waals surface area contributed by atoms with Crippen LogP contribution in [-0.2, 0) is 0 Å². The summed E-state index contributed by atoms with van der Waals surface area (Å²) in [6.07, 6.45) is -0.188. The number of ether oxygens (including phenoxy) is 1. The van der Waals surface area contributed by atoms with Gasteiger partial charge in [-0.3, -0.25) is 0 Å². The Hall–Kier alpha value is -0.840. The zero-order valence-corrected chi connectivity index (χ0v) is 14.6. The van der Waals surface area contributed by atoms with Gasteiger partial charge in [0.15, 0.2) is 0 Å². The minimum atomic E-state index is -0.188. The Labute approximate surface area is 136 Å². The van der Waals surface area contributed by atoms with Crippen LogP contribution in [0.25, 0.3) is 0 Å². The molecule has 2 atom stereocenters. The summed E-state index contributed by atoms with van der Waals surface area (Å²) < 4.78 is 8.07. The van der Waals surface area contributed by atoms with Gasteiger partial charge in [0, 0.05) is 10.5 Å². The minimum absolute atomic E-state index is 0.113. The molecular weight excluding hydrogens is 382 g/mol. The van der Waals surface area contributed by atoms with E-state index in [1.165, 1.54) is 5.56 Å². The van der Waals surface area contributed by atoms with E-state index in [1.807, 2.05) is 56.3 Å². The molecule has 0 saturated heterocycles. The molecular formula is C16H17Br2NO. The van der Waals surface area contributed by atoms with Gasteiger partial charge in [0.2, 0.25) is 0 Å². The molecule has 2 unspecified atom stereocenters. The topological polar surface area (TPSA) is 35.2 Å². The lowest BCUT2D eigenvalue weighted by Crippen LogP contribution is -2.29. The van der Waals surface area contributed by atoms with Crippen LogP contribution < -0.4 is 10.5 Å².